The van der Waals surface area contributed by atoms with Crippen LogP contribution in [0.15, 0.2) is 77.7 Å². The van der Waals surface area contributed by atoms with E-state index in [-0.39, 0.29) is 5.91 Å². The predicted octanol–water partition coefficient (Wildman–Crippen LogP) is 4.75. The van der Waals surface area contributed by atoms with Crippen molar-refractivity contribution in [3.05, 3.63) is 83.9 Å². The normalized spacial score (nSPS) is 14.9. The van der Waals surface area contributed by atoms with Crippen LogP contribution in [0.3, 0.4) is 0 Å². The highest BCUT2D eigenvalue weighted by atomic mass is 32.2. The maximum Gasteiger partial charge on any atom is 0.253 e. The summed E-state index contributed by atoms with van der Waals surface area (Å²) in [6, 6.07) is 22.4. The average molecular weight is 450 g/mol. The summed E-state index contributed by atoms with van der Waals surface area (Å²) in [5, 5.41) is -0.483. The third kappa shape index (κ3) is 4.55. The van der Waals surface area contributed by atoms with Crippen molar-refractivity contribution in [3.8, 4) is 16.9 Å². The molecule has 3 aromatic rings. The lowest BCUT2D eigenvalue weighted by molar-refractivity contribution is 0.0725. The first kappa shape index (κ1) is 22.1. The van der Waals surface area contributed by atoms with Crippen LogP contribution in [0, 0.1) is 6.92 Å². The first-order chi connectivity index (χ1) is 15.4. The van der Waals surface area contributed by atoms with E-state index in [4.69, 9.17) is 4.74 Å². The molecule has 3 aromatic carbocycles. The maximum absolute atomic E-state index is 13.0. The fourth-order valence-electron chi connectivity index (χ4n) is 4.06. The molecule has 166 valence electrons. The number of likely N-dealkylation sites (tertiary alicyclic amines) is 1. The van der Waals surface area contributed by atoms with Crippen molar-refractivity contribution in [3.63, 3.8) is 0 Å². The lowest BCUT2D eigenvalue weighted by Gasteiger charge is -2.32. The zero-order valence-corrected chi connectivity index (χ0v) is 19.1. The molecule has 0 saturated carbocycles. The van der Waals surface area contributed by atoms with Crippen LogP contribution < -0.4 is 4.74 Å². The predicted molar refractivity (Wildman–Crippen MR) is 126 cm³/mol. The second-order valence-corrected chi connectivity index (χ2v) is 10.4. The minimum atomic E-state index is -3.43. The molecular formula is C26H27NO4S. The van der Waals surface area contributed by atoms with Crippen LogP contribution in [0.2, 0.25) is 0 Å². The Morgan fingerprint density at radius 1 is 0.844 bits per heavy atom. The first-order valence-electron chi connectivity index (χ1n) is 10.7. The molecule has 0 spiro atoms. The quantitative estimate of drug-likeness (QED) is 0.564. The molecule has 1 fully saturated rings. The number of carbonyl (C=O) groups is 1. The lowest BCUT2D eigenvalue weighted by atomic mass is 10.0. The smallest absolute Gasteiger partial charge is 0.253 e. The number of aryl methyl sites for hydroxylation is 1. The molecule has 1 aliphatic heterocycles. The van der Waals surface area contributed by atoms with Gasteiger partial charge in [0.25, 0.3) is 5.91 Å². The lowest BCUT2D eigenvalue weighted by Crippen LogP contribution is -2.42. The molecule has 0 unspecified atom stereocenters. The van der Waals surface area contributed by atoms with Gasteiger partial charge < -0.3 is 9.64 Å². The number of nitrogens with zero attached hydrogens (tertiary/aromatic N) is 1. The largest absolute Gasteiger partial charge is 0.497 e. The molecular weight excluding hydrogens is 422 g/mol. The van der Waals surface area contributed by atoms with E-state index >= 15 is 0 Å². The second kappa shape index (κ2) is 9.17. The number of sulfone groups is 1. The molecule has 0 aliphatic carbocycles. The number of hydrogen-bond donors (Lipinski definition) is 0. The number of benzene rings is 3. The molecule has 4 rings (SSSR count). The van der Waals surface area contributed by atoms with E-state index in [0.29, 0.717) is 42.1 Å². The zero-order valence-electron chi connectivity index (χ0n) is 18.3. The van der Waals surface area contributed by atoms with Gasteiger partial charge in [0.15, 0.2) is 9.84 Å². The van der Waals surface area contributed by atoms with Gasteiger partial charge in [0.05, 0.1) is 17.3 Å². The van der Waals surface area contributed by atoms with Crippen LogP contribution >= 0.6 is 0 Å². The van der Waals surface area contributed by atoms with E-state index in [1.165, 1.54) is 5.56 Å². The summed E-state index contributed by atoms with van der Waals surface area (Å²) in [5.41, 5.74) is 4.00. The molecule has 1 saturated heterocycles. The van der Waals surface area contributed by atoms with E-state index in [1.807, 2.05) is 24.3 Å². The van der Waals surface area contributed by atoms with E-state index in [0.717, 1.165) is 11.1 Å². The van der Waals surface area contributed by atoms with Gasteiger partial charge in [-0.15, -0.1) is 0 Å². The van der Waals surface area contributed by atoms with Gasteiger partial charge >= 0.3 is 0 Å². The summed E-state index contributed by atoms with van der Waals surface area (Å²) in [5.74, 6) is 0.568. The summed E-state index contributed by atoms with van der Waals surface area (Å²) in [4.78, 5) is 15.0. The molecule has 0 radical (unpaired) electrons. The van der Waals surface area contributed by atoms with Crippen molar-refractivity contribution in [1.29, 1.82) is 0 Å². The fraction of sp³-hybridized carbons (Fsp3) is 0.269. The number of piperidine rings is 1. The highest BCUT2D eigenvalue weighted by Crippen LogP contribution is 2.27. The van der Waals surface area contributed by atoms with Crippen molar-refractivity contribution in [2.24, 2.45) is 0 Å². The van der Waals surface area contributed by atoms with Gasteiger partial charge in [-0.05, 0) is 67.3 Å². The van der Waals surface area contributed by atoms with Crippen LogP contribution in [0.1, 0.15) is 28.8 Å². The molecule has 0 atom stereocenters. The molecule has 1 amide bonds. The summed E-state index contributed by atoms with van der Waals surface area (Å²) < 4.78 is 31.1. The molecule has 1 aliphatic rings. The highest BCUT2D eigenvalue weighted by Gasteiger charge is 2.33. The van der Waals surface area contributed by atoms with E-state index < -0.39 is 15.1 Å². The molecule has 0 aromatic heterocycles. The molecule has 32 heavy (non-hydrogen) atoms. The highest BCUT2D eigenvalue weighted by molar-refractivity contribution is 7.92. The van der Waals surface area contributed by atoms with Crippen molar-refractivity contribution < 1.29 is 17.9 Å². The number of carbonyl (C=O) groups excluding carboxylic acids is 1. The third-order valence-electron chi connectivity index (χ3n) is 6.07. The first-order valence-corrected chi connectivity index (χ1v) is 12.3. The van der Waals surface area contributed by atoms with Gasteiger partial charge in [-0.2, -0.15) is 0 Å². The number of amides is 1. The maximum atomic E-state index is 13.0. The van der Waals surface area contributed by atoms with Crippen LogP contribution in [-0.2, 0) is 9.84 Å². The van der Waals surface area contributed by atoms with Crippen LogP contribution in [-0.4, -0.2) is 44.7 Å². The van der Waals surface area contributed by atoms with Crippen LogP contribution in [0.25, 0.3) is 11.1 Å². The Bertz CT molecular complexity index is 1180. The molecule has 1 heterocycles. The number of ether oxygens (including phenoxy) is 1. The minimum Gasteiger partial charge on any atom is -0.497 e. The topological polar surface area (TPSA) is 63.7 Å². The number of methoxy groups -OCH3 is 1. The summed E-state index contributed by atoms with van der Waals surface area (Å²) >= 11 is 0. The molecule has 0 N–H and O–H groups in total. The van der Waals surface area contributed by atoms with E-state index in [1.54, 1.807) is 36.3 Å². The Morgan fingerprint density at radius 3 is 1.91 bits per heavy atom. The Kier molecular flexibility index (Phi) is 6.33. The summed E-state index contributed by atoms with van der Waals surface area (Å²) in [7, 11) is -1.89. The SMILES string of the molecule is COc1ccc(S(=O)(=O)C2CCN(C(=O)c3ccc(-c4ccc(C)cc4)cc3)CC2)cc1. The Balaban J connectivity index is 1.40. The van der Waals surface area contributed by atoms with Crippen molar-refractivity contribution in [1.82, 2.24) is 4.90 Å². The summed E-state index contributed by atoms with van der Waals surface area (Å²) in [6.07, 6.45) is 0.864. The Morgan fingerprint density at radius 2 is 1.38 bits per heavy atom. The van der Waals surface area contributed by atoms with Crippen molar-refractivity contribution in [2.45, 2.75) is 29.9 Å². The minimum absolute atomic E-state index is 0.0549. The van der Waals surface area contributed by atoms with Crippen LogP contribution in [0.4, 0.5) is 0 Å². The molecule has 0 bridgehead atoms. The Labute approximate surface area is 189 Å². The van der Waals surface area contributed by atoms with Crippen LogP contribution in [0.5, 0.6) is 5.75 Å². The fourth-order valence-corrected chi connectivity index (χ4v) is 5.79. The van der Waals surface area contributed by atoms with Gasteiger partial charge in [0.1, 0.15) is 5.75 Å². The van der Waals surface area contributed by atoms with Gasteiger partial charge in [-0.25, -0.2) is 8.42 Å². The third-order valence-corrected chi connectivity index (χ3v) is 8.35. The zero-order chi connectivity index (χ0) is 22.7. The van der Waals surface area contributed by atoms with Crippen molar-refractivity contribution in [2.75, 3.05) is 20.2 Å². The average Bonchev–Trinajstić information content (AvgIpc) is 2.84. The number of hydrogen-bond acceptors (Lipinski definition) is 4. The Hall–Kier alpha value is -3.12. The molecule has 6 heteroatoms. The second-order valence-electron chi connectivity index (χ2n) is 8.16. The monoisotopic (exact) mass is 449 g/mol. The summed E-state index contributed by atoms with van der Waals surface area (Å²) in [6.45, 7) is 2.91. The standard InChI is InChI=1S/C26H27NO4S/c1-19-3-5-20(6-4-19)21-7-9-22(10-8-21)26(28)27-17-15-25(16-18-27)32(29,30)24-13-11-23(31-2)12-14-24/h3-14,25H,15-18H2,1-2H3. The van der Waals surface area contributed by atoms with Gasteiger partial charge in [-0.3, -0.25) is 4.79 Å². The van der Waals surface area contributed by atoms with Gasteiger partial charge in [0.2, 0.25) is 0 Å². The van der Waals surface area contributed by atoms with Gasteiger partial charge in [0, 0.05) is 18.7 Å². The van der Waals surface area contributed by atoms with E-state index in [9.17, 15) is 13.2 Å². The van der Waals surface area contributed by atoms with Crippen molar-refractivity contribution >= 4 is 15.7 Å². The number of rotatable bonds is 5. The van der Waals surface area contributed by atoms with Gasteiger partial charge in [-0.1, -0.05) is 42.0 Å². The van der Waals surface area contributed by atoms with E-state index in [2.05, 4.69) is 31.2 Å². The molecule has 5 nitrogen and oxygen atoms in total.